The van der Waals surface area contributed by atoms with E-state index in [-0.39, 0.29) is 23.3 Å². The third-order valence-electron chi connectivity index (χ3n) is 7.69. The van der Waals surface area contributed by atoms with Crippen molar-refractivity contribution in [3.05, 3.63) is 150 Å². The van der Waals surface area contributed by atoms with Gasteiger partial charge in [-0.1, -0.05) is 53.8 Å². The molecule has 10 heteroatoms. The van der Waals surface area contributed by atoms with Gasteiger partial charge in [-0.2, -0.15) is 0 Å². The summed E-state index contributed by atoms with van der Waals surface area (Å²) in [5.74, 6) is -2.05. The topological polar surface area (TPSA) is 103 Å². The Morgan fingerprint density at radius 1 is 1.02 bits per heavy atom. The largest absolute Gasteiger partial charge is 0.478 e. The molecule has 1 aliphatic heterocycles. The molecule has 0 unspecified atom stereocenters. The van der Waals surface area contributed by atoms with Gasteiger partial charge in [0.15, 0.2) is 4.80 Å². The van der Waals surface area contributed by atoms with E-state index >= 15 is 0 Å². The van der Waals surface area contributed by atoms with E-state index in [0.29, 0.717) is 26.2 Å². The molecule has 6 rings (SSSR count). The molecule has 0 aliphatic carbocycles. The highest BCUT2D eigenvalue weighted by atomic mass is 32.1. The van der Waals surface area contributed by atoms with Crippen LogP contribution in [0.4, 0.5) is 4.39 Å². The first-order valence-electron chi connectivity index (χ1n) is 14.2. The SMILES string of the molecule is CCOC(=O)C1=C(c2ccccc2)N=c2s/c(=C\c3cc(C)n(-c4ccc(C(=O)O)cc4)c3C)c(=O)n2[C@H]1c1ccc(F)cc1. The van der Waals surface area contributed by atoms with E-state index in [9.17, 15) is 23.9 Å². The molecule has 3 aromatic carbocycles. The van der Waals surface area contributed by atoms with Crippen LogP contribution in [0.15, 0.2) is 100 Å². The Balaban J connectivity index is 1.56. The maximum absolute atomic E-state index is 14.2. The molecule has 1 atom stereocenters. The minimum Gasteiger partial charge on any atom is -0.478 e. The highest BCUT2D eigenvalue weighted by Gasteiger charge is 2.35. The third-order valence-corrected chi connectivity index (χ3v) is 8.67. The normalized spacial score (nSPS) is 14.7. The summed E-state index contributed by atoms with van der Waals surface area (Å²) in [6.45, 7) is 5.69. The molecule has 0 saturated heterocycles. The van der Waals surface area contributed by atoms with E-state index in [1.807, 2.05) is 54.8 Å². The van der Waals surface area contributed by atoms with Crippen molar-refractivity contribution in [2.24, 2.45) is 4.99 Å². The number of ether oxygens (including phenoxy) is 1. The second-order valence-corrected chi connectivity index (χ2v) is 11.5. The van der Waals surface area contributed by atoms with Gasteiger partial charge in [0.25, 0.3) is 5.56 Å². The molecule has 45 heavy (non-hydrogen) atoms. The molecule has 0 amide bonds. The van der Waals surface area contributed by atoms with Gasteiger partial charge in [-0.3, -0.25) is 9.36 Å². The molecule has 1 aliphatic rings. The summed E-state index contributed by atoms with van der Waals surface area (Å²) >= 11 is 1.20. The van der Waals surface area contributed by atoms with Gasteiger partial charge in [-0.05, 0) is 80.4 Å². The van der Waals surface area contributed by atoms with Crippen LogP contribution in [0.3, 0.4) is 0 Å². The Kier molecular flexibility index (Phi) is 7.90. The van der Waals surface area contributed by atoms with Crippen molar-refractivity contribution in [1.82, 2.24) is 9.13 Å². The van der Waals surface area contributed by atoms with Crippen LogP contribution in [-0.2, 0) is 9.53 Å². The number of hydrogen-bond acceptors (Lipinski definition) is 6. The van der Waals surface area contributed by atoms with E-state index < -0.39 is 23.8 Å². The predicted molar refractivity (Wildman–Crippen MR) is 170 cm³/mol. The zero-order valence-corrected chi connectivity index (χ0v) is 25.5. The minimum absolute atomic E-state index is 0.125. The van der Waals surface area contributed by atoms with Crippen LogP contribution in [0.25, 0.3) is 17.5 Å². The number of thiazole rings is 1. The fourth-order valence-electron chi connectivity index (χ4n) is 5.63. The monoisotopic (exact) mass is 621 g/mol. The number of hydrogen-bond donors (Lipinski definition) is 1. The lowest BCUT2D eigenvalue weighted by Gasteiger charge is -2.25. The van der Waals surface area contributed by atoms with Crippen molar-refractivity contribution in [2.75, 3.05) is 6.61 Å². The number of carboxylic acid groups (broad SMARTS) is 1. The van der Waals surface area contributed by atoms with Crippen LogP contribution in [-0.4, -0.2) is 32.8 Å². The standard InChI is InChI=1S/C35H28FN3O5S/c1-4-44-34(43)29-30(22-8-6-5-7-9-22)37-35-39(31(29)23-10-14-26(36)15-11-23)32(40)28(45-35)19-25-18-20(2)38(21(25)3)27-16-12-24(13-17-27)33(41)42/h5-19,31H,4H2,1-3H3,(H,41,42)/b28-19-/t31-/m0/s1. The first-order valence-corrected chi connectivity index (χ1v) is 15.1. The number of esters is 1. The molecule has 1 N–H and O–H groups in total. The van der Waals surface area contributed by atoms with Gasteiger partial charge in [0.2, 0.25) is 0 Å². The number of halogens is 1. The molecule has 0 spiro atoms. The first kappa shape index (κ1) is 29.7. The number of aromatic nitrogens is 2. The lowest BCUT2D eigenvalue weighted by Crippen LogP contribution is -2.40. The Hall–Kier alpha value is -5.35. The lowest BCUT2D eigenvalue weighted by molar-refractivity contribution is -0.138. The number of benzene rings is 3. The maximum atomic E-state index is 14.2. The summed E-state index contributed by atoms with van der Waals surface area (Å²) < 4.78 is 23.4. The Bertz CT molecular complexity index is 2160. The highest BCUT2D eigenvalue weighted by molar-refractivity contribution is 7.07. The average Bonchev–Trinajstić information content (AvgIpc) is 3.50. The van der Waals surface area contributed by atoms with E-state index in [4.69, 9.17) is 9.73 Å². The molecule has 0 bridgehead atoms. The summed E-state index contributed by atoms with van der Waals surface area (Å²) in [7, 11) is 0. The summed E-state index contributed by atoms with van der Waals surface area (Å²) in [4.78, 5) is 44.3. The number of fused-ring (bicyclic) bond motifs is 1. The van der Waals surface area contributed by atoms with Gasteiger partial charge in [0.1, 0.15) is 5.82 Å². The second-order valence-electron chi connectivity index (χ2n) is 10.5. The highest BCUT2D eigenvalue weighted by Crippen LogP contribution is 2.35. The molecule has 2 aromatic heterocycles. The molecule has 0 saturated carbocycles. The van der Waals surface area contributed by atoms with Gasteiger partial charge >= 0.3 is 11.9 Å². The van der Waals surface area contributed by atoms with E-state index in [1.54, 1.807) is 49.4 Å². The van der Waals surface area contributed by atoms with Crippen LogP contribution in [0.5, 0.6) is 0 Å². The molecule has 0 fully saturated rings. The smallest absolute Gasteiger partial charge is 0.338 e. The average molecular weight is 622 g/mol. The van der Waals surface area contributed by atoms with Gasteiger partial charge in [-0.25, -0.2) is 19.0 Å². The second kappa shape index (κ2) is 12.0. The molecule has 8 nitrogen and oxygen atoms in total. The first-order chi connectivity index (χ1) is 21.7. The van der Waals surface area contributed by atoms with Crippen molar-refractivity contribution >= 4 is 35.0 Å². The fraction of sp³-hybridized carbons (Fsp3) is 0.143. The van der Waals surface area contributed by atoms with Crippen LogP contribution in [0.1, 0.15) is 51.4 Å². The summed E-state index contributed by atoms with van der Waals surface area (Å²) in [5, 5.41) is 9.28. The summed E-state index contributed by atoms with van der Waals surface area (Å²) in [6.07, 6.45) is 1.80. The lowest BCUT2D eigenvalue weighted by atomic mass is 9.93. The number of nitrogens with zero attached hydrogens (tertiary/aromatic N) is 3. The van der Waals surface area contributed by atoms with Crippen LogP contribution in [0.2, 0.25) is 0 Å². The molecular formula is C35H28FN3O5S. The van der Waals surface area contributed by atoms with Gasteiger partial charge in [0, 0.05) is 22.6 Å². The van der Waals surface area contributed by atoms with Crippen LogP contribution >= 0.6 is 11.3 Å². The quantitative estimate of drug-likeness (QED) is 0.253. The molecule has 226 valence electrons. The van der Waals surface area contributed by atoms with Crippen molar-refractivity contribution < 1.29 is 23.8 Å². The molecule has 5 aromatic rings. The van der Waals surface area contributed by atoms with E-state index in [1.165, 1.54) is 28.0 Å². The number of aryl methyl sites for hydroxylation is 1. The summed E-state index contributed by atoms with van der Waals surface area (Å²) in [6, 6.07) is 22.6. The van der Waals surface area contributed by atoms with Crippen LogP contribution in [0, 0.1) is 19.7 Å². The zero-order valence-electron chi connectivity index (χ0n) is 24.7. The molecule has 3 heterocycles. The maximum Gasteiger partial charge on any atom is 0.338 e. The van der Waals surface area contributed by atoms with Crippen LogP contribution < -0.4 is 14.9 Å². The van der Waals surface area contributed by atoms with Crippen molar-refractivity contribution in [2.45, 2.75) is 26.8 Å². The zero-order chi connectivity index (χ0) is 31.8. The predicted octanol–water partition coefficient (Wildman–Crippen LogP) is 5.18. The van der Waals surface area contributed by atoms with Gasteiger partial charge in [-0.15, -0.1) is 0 Å². The Morgan fingerprint density at radius 2 is 1.71 bits per heavy atom. The number of carboxylic acids is 1. The Morgan fingerprint density at radius 3 is 2.36 bits per heavy atom. The number of carbonyl (C=O) groups is 2. The van der Waals surface area contributed by atoms with Gasteiger partial charge < -0.3 is 14.4 Å². The van der Waals surface area contributed by atoms with E-state index in [2.05, 4.69) is 0 Å². The van der Waals surface area contributed by atoms with Crippen molar-refractivity contribution in [3.8, 4) is 5.69 Å². The number of rotatable bonds is 7. The molecular weight excluding hydrogens is 593 g/mol. The van der Waals surface area contributed by atoms with Crippen molar-refractivity contribution in [3.63, 3.8) is 0 Å². The third kappa shape index (κ3) is 5.44. The van der Waals surface area contributed by atoms with E-state index in [0.717, 1.165) is 22.6 Å². The fourth-order valence-corrected chi connectivity index (χ4v) is 6.62. The van der Waals surface area contributed by atoms with Gasteiger partial charge in [0.05, 0.1) is 34.0 Å². The Labute approximate surface area is 261 Å². The number of aromatic carboxylic acids is 1. The minimum atomic E-state index is -1.00. The summed E-state index contributed by atoms with van der Waals surface area (Å²) in [5.41, 5.74) is 4.98. The number of carbonyl (C=O) groups excluding carboxylic acids is 1. The molecule has 0 radical (unpaired) electrons. The van der Waals surface area contributed by atoms with Crippen molar-refractivity contribution in [1.29, 1.82) is 0 Å².